The fraction of sp³-hybridized carbons (Fsp3) is 0.438. The van der Waals surface area contributed by atoms with Gasteiger partial charge >= 0.3 is 0 Å². The zero-order valence-corrected chi connectivity index (χ0v) is 12.2. The maximum atomic E-state index is 6.05. The van der Waals surface area contributed by atoms with Gasteiger partial charge in [0.2, 0.25) is 0 Å². The molecule has 0 spiro atoms. The van der Waals surface area contributed by atoms with Gasteiger partial charge in [0.25, 0.3) is 0 Å². The van der Waals surface area contributed by atoms with Crippen molar-refractivity contribution >= 4 is 17.0 Å². The number of aromatic nitrogens is 1. The van der Waals surface area contributed by atoms with E-state index in [0.717, 1.165) is 28.6 Å². The predicted molar refractivity (Wildman–Crippen MR) is 82.4 cm³/mol. The van der Waals surface area contributed by atoms with E-state index < -0.39 is 0 Å². The van der Waals surface area contributed by atoms with Gasteiger partial charge in [-0.25, -0.2) is 4.98 Å². The average Bonchev–Trinajstić information content (AvgIpc) is 2.82. The third-order valence-corrected chi connectivity index (χ3v) is 5.08. The number of benzene rings is 1. The zero-order valence-electron chi connectivity index (χ0n) is 11.4. The van der Waals surface area contributed by atoms with Crippen molar-refractivity contribution in [2.75, 3.05) is 5.73 Å². The van der Waals surface area contributed by atoms with Crippen molar-refractivity contribution in [1.29, 1.82) is 0 Å². The molecule has 19 heavy (non-hydrogen) atoms. The van der Waals surface area contributed by atoms with Crippen LogP contribution in [0.5, 0.6) is 0 Å². The second kappa shape index (κ2) is 5.33. The van der Waals surface area contributed by atoms with Gasteiger partial charge in [0.1, 0.15) is 5.01 Å². The van der Waals surface area contributed by atoms with E-state index >= 15 is 0 Å². The van der Waals surface area contributed by atoms with Crippen molar-refractivity contribution in [2.24, 2.45) is 5.92 Å². The summed E-state index contributed by atoms with van der Waals surface area (Å²) in [6, 6.07) is 8.04. The minimum atomic E-state index is 0.832. The quantitative estimate of drug-likeness (QED) is 0.846. The van der Waals surface area contributed by atoms with E-state index in [9.17, 15) is 0 Å². The Balaban J connectivity index is 1.90. The second-order valence-electron chi connectivity index (χ2n) is 5.37. The minimum absolute atomic E-state index is 0.832. The molecule has 100 valence electrons. The lowest BCUT2D eigenvalue weighted by Gasteiger charge is -2.20. The van der Waals surface area contributed by atoms with E-state index in [2.05, 4.69) is 13.0 Å². The Morgan fingerprint density at radius 2 is 2.21 bits per heavy atom. The summed E-state index contributed by atoms with van der Waals surface area (Å²) in [7, 11) is 0. The summed E-state index contributed by atoms with van der Waals surface area (Å²) in [4.78, 5) is 6.30. The summed E-state index contributed by atoms with van der Waals surface area (Å²) in [6.45, 7) is 2.28. The number of rotatable bonds is 3. The molecule has 1 aromatic carbocycles. The fourth-order valence-corrected chi connectivity index (χ4v) is 4.17. The van der Waals surface area contributed by atoms with Crippen molar-refractivity contribution in [3.05, 3.63) is 34.8 Å². The number of thiazole rings is 1. The Bertz CT molecular complexity index is 574. The Labute approximate surface area is 118 Å². The Morgan fingerprint density at radius 3 is 3.00 bits per heavy atom. The number of nitrogen functional groups attached to an aromatic ring is 1. The standard InChI is InChI=1S/C16H20N2S/c1-2-5-11-8-9-14-15(10-11)19-16(18-14)12-6-3-4-7-13(12)17/h3-4,6-7,11H,2,5,8-10,17H2,1H3. The smallest absolute Gasteiger partial charge is 0.125 e. The molecule has 1 atom stereocenters. The number of hydrogen-bond acceptors (Lipinski definition) is 3. The van der Waals surface area contributed by atoms with Gasteiger partial charge in [0, 0.05) is 16.1 Å². The molecule has 0 aliphatic heterocycles. The van der Waals surface area contributed by atoms with Crippen LogP contribution >= 0.6 is 11.3 Å². The van der Waals surface area contributed by atoms with Gasteiger partial charge in [-0.2, -0.15) is 0 Å². The molecule has 0 fully saturated rings. The lowest BCUT2D eigenvalue weighted by atomic mass is 9.88. The Hall–Kier alpha value is -1.35. The van der Waals surface area contributed by atoms with Crippen molar-refractivity contribution < 1.29 is 0 Å². The summed E-state index contributed by atoms with van der Waals surface area (Å²) in [5, 5.41) is 1.10. The molecule has 3 heteroatoms. The molecule has 1 heterocycles. The highest BCUT2D eigenvalue weighted by molar-refractivity contribution is 7.15. The molecule has 2 nitrogen and oxygen atoms in total. The van der Waals surface area contributed by atoms with Crippen LogP contribution < -0.4 is 5.73 Å². The van der Waals surface area contributed by atoms with E-state index in [0.29, 0.717) is 0 Å². The van der Waals surface area contributed by atoms with Crippen molar-refractivity contribution in [3.8, 4) is 10.6 Å². The molecule has 1 aromatic heterocycles. The van der Waals surface area contributed by atoms with Crippen LogP contribution in [-0.2, 0) is 12.8 Å². The molecule has 1 unspecified atom stereocenters. The van der Waals surface area contributed by atoms with Gasteiger partial charge in [-0.3, -0.25) is 0 Å². The molecule has 1 aliphatic rings. The number of aryl methyl sites for hydroxylation is 1. The Kier molecular flexibility index (Phi) is 3.56. The highest BCUT2D eigenvalue weighted by Gasteiger charge is 2.22. The summed E-state index contributed by atoms with van der Waals surface area (Å²) in [6.07, 6.45) is 6.29. The zero-order chi connectivity index (χ0) is 13.2. The minimum Gasteiger partial charge on any atom is -0.398 e. The summed E-state index contributed by atoms with van der Waals surface area (Å²) >= 11 is 1.84. The van der Waals surface area contributed by atoms with Crippen LogP contribution in [0.3, 0.4) is 0 Å². The molecular formula is C16H20N2S. The van der Waals surface area contributed by atoms with Gasteiger partial charge in [0.15, 0.2) is 0 Å². The molecule has 1 aliphatic carbocycles. The van der Waals surface area contributed by atoms with Crippen molar-refractivity contribution in [1.82, 2.24) is 4.98 Å². The van der Waals surface area contributed by atoms with Crippen LogP contribution in [0.25, 0.3) is 10.6 Å². The van der Waals surface area contributed by atoms with Crippen molar-refractivity contribution in [2.45, 2.75) is 39.0 Å². The normalized spacial score (nSPS) is 18.3. The van der Waals surface area contributed by atoms with Gasteiger partial charge < -0.3 is 5.73 Å². The predicted octanol–water partition coefficient (Wildman–Crippen LogP) is 4.30. The third kappa shape index (κ3) is 2.52. The van der Waals surface area contributed by atoms with E-state index in [1.807, 2.05) is 29.5 Å². The maximum absolute atomic E-state index is 6.05. The number of nitrogens with zero attached hydrogens (tertiary/aromatic N) is 1. The largest absolute Gasteiger partial charge is 0.398 e. The van der Waals surface area contributed by atoms with Crippen molar-refractivity contribution in [3.63, 3.8) is 0 Å². The second-order valence-corrected chi connectivity index (χ2v) is 6.46. The molecule has 0 saturated carbocycles. The van der Waals surface area contributed by atoms with E-state index in [4.69, 9.17) is 10.7 Å². The van der Waals surface area contributed by atoms with E-state index in [1.54, 1.807) is 0 Å². The van der Waals surface area contributed by atoms with Crippen LogP contribution in [0.1, 0.15) is 36.8 Å². The molecule has 0 radical (unpaired) electrons. The van der Waals surface area contributed by atoms with Gasteiger partial charge in [-0.1, -0.05) is 31.9 Å². The van der Waals surface area contributed by atoms with Crippen LogP contribution in [-0.4, -0.2) is 4.98 Å². The number of nitrogens with two attached hydrogens (primary N) is 1. The van der Waals surface area contributed by atoms with E-state index in [1.165, 1.54) is 36.3 Å². The molecule has 2 aromatic rings. The average molecular weight is 272 g/mol. The van der Waals surface area contributed by atoms with Gasteiger partial charge in [-0.05, 0) is 37.3 Å². The summed E-state index contributed by atoms with van der Waals surface area (Å²) < 4.78 is 0. The first-order chi connectivity index (χ1) is 9.28. The number of hydrogen-bond donors (Lipinski definition) is 1. The monoisotopic (exact) mass is 272 g/mol. The number of anilines is 1. The van der Waals surface area contributed by atoms with Crippen LogP contribution in [0, 0.1) is 5.92 Å². The number of para-hydroxylation sites is 1. The van der Waals surface area contributed by atoms with Gasteiger partial charge in [0.05, 0.1) is 5.69 Å². The molecule has 3 rings (SSSR count). The van der Waals surface area contributed by atoms with Gasteiger partial charge in [-0.15, -0.1) is 11.3 Å². The fourth-order valence-electron chi connectivity index (χ4n) is 2.90. The molecule has 0 amide bonds. The highest BCUT2D eigenvalue weighted by atomic mass is 32.1. The summed E-state index contributed by atoms with van der Waals surface area (Å²) in [5.74, 6) is 0.860. The topological polar surface area (TPSA) is 38.9 Å². The third-order valence-electron chi connectivity index (χ3n) is 3.93. The molecule has 0 saturated heterocycles. The van der Waals surface area contributed by atoms with Crippen LogP contribution in [0.2, 0.25) is 0 Å². The maximum Gasteiger partial charge on any atom is 0.125 e. The van der Waals surface area contributed by atoms with E-state index in [-0.39, 0.29) is 0 Å². The SMILES string of the molecule is CCCC1CCc2nc(-c3ccccc3N)sc2C1. The molecular weight excluding hydrogens is 252 g/mol. The first-order valence-corrected chi connectivity index (χ1v) is 7.93. The highest BCUT2D eigenvalue weighted by Crippen LogP contribution is 2.37. The number of fused-ring (bicyclic) bond motifs is 1. The lowest BCUT2D eigenvalue weighted by molar-refractivity contribution is 0.424. The first-order valence-electron chi connectivity index (χ1n) is 7.11. The molecule has 2 N–H and O–H groups in total. The lowest BCUT2D eigenvalue weighted by Crippen LogP contribution is -2.12. The summed E-state index contributed by atoms with van der Waals surface area (Å²) in [5.41, 5.74) is 9.29. The first kappa shape index (κ1) is 12.7. The van der Waals surface area contributed by atoms with Crippen LogP contribution in [0.4, 0.5) is 5.69 Å². The van der Waals surface area contributed by atoms with Crippen LogP contribution in [0.15, 0.2) is 24.3 Å². The molecule has 0 bridgehead atoms. The Morgan fingerprint density at radius 1 is 1.37 bits per heavy atom.